The number of hydrogen-bond acceptors (Lipinski definition) is 4. The van der Waals surface area contributed by atoms with Gasteiger partial charge in [0.1, 0.15) is 12.4 Å². The minimum absolute atomic E-state index is 0.459. The van der Waals surface area contributed by atoms with Gasteiger partial charge in [0.05, 0.1) is 0 Å². The molecule has 0 spiro atoms. The lowest BCUT2D eigenvalue weighted by Crippen LogP contribution is -2.42. The van der Waals surface area contributed by atoms with Crippen LogP contribution in [0.1, 0.15) is 30.9 Å². The highest BCUT2D eigenvalue weighted by molar-refractivity contribution is 7.20. The Balaban J connectivity index is 1.38. The van der Waals surface area contributed by atoms with Crippen LogP contribution in [0.15, 0.2) is 48.5 Å². The molecule has 0 aliphatic heterocycles. The number of fused-ring (bicyclic) bond motifs is 2. The van der Waals surface area contributed by atoms with Gasteiger partial charge in [0.2, 0.25) is 0 Å². The number of phenolic OH excluding ortho intramolecular Hbond substituents is 1. The SMILES string of the molecule is CCCN(CCOc1cc2ccccc2s1)C1CCc2c(O)cccc2C1. The zero-order chi connectivity index (χ0) is 18.6. The molecule has 27 heavy (non-hydrogen) atoms. The molecule has 1 heterocycles. The summed E-state index contributed by atoms with van der Waals surface area (Å²) in [5.41, 5.74) is 2.45. The van der Waals surface area contributed by atoms with E-state index in [1.807, 2.05) is 12.1 Å². The van der Waals surface area contributed by atoms with Crippen LogP contribution >= 0.6 is 11.3 Å². The van der Waals surface area contributed by atoms with Crippen LogP contribution in [-0.4, -0.2) is 35.7 Å². The molecule has 0 saturated carbocycles. The molecule has 3 aromatic rings. The first-order valence-electron chi connectivity index (χ1n) is 9.89. The molecule has 3 nitrogen and oxygen atoms in total. The Kier molecular flexibility index (Phi) is 5.65. The molecule has 1 atom stereocenters. The highest BCUT2D eigenvalue weighted by atomic mass is 32.1. The smallest absolute Gasteiger partial charge is 0.174 e. The average Bonchev–Trinajstić information content (AvgIpc) is 3.10. The fourth-order valence-electron chi connectivity index (χ4n) is 4.14. The number of ether oxygens (including phenoxy) is 1. The summed E-state index contributed by atoms with van der Waals surface area (Å²) in [6.07, 6.45) is 4.23. The number of phenols is 1. The summed E-state index contributed by atoms with van der Waals surface area (Å²) in [5.74, 6) is 0.459. The second kappa shape index (κ2) is 8.32. The van der Waals surface area contributed by atoms with Crippen molar-refractivity contribution >= 4 is 21.4 Å². The summed E-state index contributed by atoms with van der Waals surface area (Å²) in [7, 11) is 0. The number of aromatic hydroxyl groups is 1. The first-order valence-corrected chi connectivity index (χ1v) is 10.7. The van der Waals surface area contributed by atoms with E-state index >= 15 is 0 Å². The van der Waals surface area contributed by atoms with Gasteiger partial charge in [0.25, 0.3) is 0 Å². The third-order valence-corrected chi connectivity index (χ3v) is 6.51. The topological polar surface area (TPSA) is 32.7 Å². The third-order valence-electron chi connectivity index (χ3n) is 5.48. The number of thiophene rings is 1. The second-order valence-electron chi connectivity index (χ2n) is 7.30. The maximum absolute atomic E-state index is 10.1. The third kappa shape index (κ3) is 4.12. The summed E-state index contributed by atoms with van der Waals surface area (Å²) in [6, 6.07) is 17.0. The van der Waals surface area contributed by atoms with Gasteiger partial charge in [-0.3, -0.25) is 4.90 Å². The lowest BCUT2D eigenvalue weighted by molar-refractivity contribution is 0.148. The van der Waals surface area contributed by atoms with Crippen LogP contribution in [0.2, 0.25) is 0 Å². The first kappa shape index (κ1) is 18.3. The minimum atomic E-state index is 0.459. The van der Waals surface area contributed by atoms with Gasteiger partial charge in [-0.25, -0.2) is 0 Å². The Morgan fingerprint density at radius 2 is 2.04 bits per heavy atom. The number of rotatable bonds is 7. The van der Waals surface area contributed by atoms with Gasteiger partial charge in [-0.15, -0.1) is 0 Å². The second-order valence-corrected chi connectivity index (χ2v) is 8.35. The Hall–Kier alpha value is -2.04. The molecule has 0 amide bonds. The molecule has 4 rings (SSSR count). The molecule has 1 unspecified atom stereocenters. The van der Waals surface area contributed by atoms with Crippen molar-refractivity contribution in [1.82, 2.24) is 4.90 Å². The Labute approximate surface area is 165 Å². The van der Waals surface area contributed by atoms with E-state index in [9.17, 15) is 5.11 Å². The van der Waals surface area contributed by atoms with Gasteiger partial charge < -0.3 is 9.84 Å². The number of benzene rings is 2. The van der Waals surface area contributed by atoms with E-state index < -0.39 is 0 Å². The molecule has 2 aromatic carbocycles. The standard InChI is InChI=1S/C23H27NO2S/c1-2-12-24(19-10-11-20-17(15-19)7-5-8-21(20)25)13-14-26-23-16-18-6-3-4-9-22(18)27-23/h3-9,16,19,25H,2,10-15H2,1H3. The molecule has 0 fully saturated rings. The van der Waals surface area contributed by atoms with E-state index in [2.05, 4.69) is 48.2 Å². The molecule has 1 aliphatic carbocycles. The van der Waals surface area contributed by atoms with Crippen LogP contribution in [0.3, 0.4) is 0 Å². The summed E-state index contributed by atoms with van der Waals surface area (Å²) in [5, 5.41) is 12.3. The van der Waals surface area contributed by atoms with E-state index in [1.54, 1.807) is 11.3 Å². The van der Waals surface area contributed by atoms with Crippen molar-refractivity contribution in [3.05, 3.63) is 59.7 Å². The molecule has 142 valence electrons. The van der Waals surface area contributed by atoms with Crippen LogP contribution in [0.25, 0.3) is 10.1 Å². The predicted molar refractivity (Wildman–Crippen MR) is 113 cm³/mol. The van der Waals surface area contributed by atoms with Crippen molar-refractivity contribution in [1.29, 1.82) is 0 Å². The van der Waals surface area contributed by atoms with E-state index in [0.717, 1.165) is 56.0 Å². The minimum Gasteiger partial charge on any atom is -0.508 e. The van der Waals surface area contributed by atoms with Gasteiger partial charge >= 0.3 is 0 Å². The van der Waals surface area contributed by atoms with Crippen molar-refractivity contribution in [2.75, 3.05) is 19.7 Å². The summed E-state index contributed by atoms with van der Waals surface area (Å²) >= 11 is 1.72. The van der Waals surface area contributed by atoms with Crippen LogP contribution in [0, 0.1) is 0 Å². The molecule has 0 bridgehead atoms. The molecule has 4 heteroatoms. The zero-order valence-corrected chi connectivity index (χ0v) is 16.7. The van der Waals surface area contributed by atoms with Gasteiger partial charge in [-0.2, -0.15) is 0 Å². The molecule has 0 radical (unpaired) electrons. The van der Waals surface area contributed by atoms with Gasteiger partial charge in [0, 0.05) is 17.3 Å². The fraction of sp³-hybridized carbons (Fsp3) is 0.391. The van der Waals surface area contributed by atoms with Crippen LogP contribution in [0.5, 0.6) is 10.8 Å². The lowest BCUT2D eigenvalue weighted by Gasteiger charge is -2.35. The maximum Gasteiger partial charge on any atom is 0.174 e. The van der Waals surface area contributed by atoms with Gasteiger partial charge in [-0.05, 0) is 66.9 Å². The van der Waals surface area contributed by atoms with Gasteiger partial charge in [-0.1, -0.05) is 48.6 Å². The number of nitrogens with zero attached hydrogens (tertiary/aromatic N) is 1. The summed E-state index contributed by atoms with van der Waals surface area (Å²) in [4.78, 5) is 2.57. The summed E-state index contributed by atoms with van der Waals surface area (Å²) < 4.78 is 7.36. The van der Waals surface area contributed by atoms with E-state index in [0.29, 0.717) is 11.8 Å². The average molecular weight is 382 g/mol. The molecular weight excluding hydrogens is 354 g/mol. The zero-order valence-electron chi connectivity index (χ0n) is 15.9. The predicted octanol–water partition coefficient (Wildman–Crippen LogP) is 5.26. The maximum atomic E-state index is 10.1. The van der Waals surface area contributed by atoms with Crippen molar-refractivity contribution in [2.24, 2.45) is 0 Å². The monoisotopic (exact) mass is 381 g/mol. The van der Waals surface area contributed by atoms with E-state index in [-0.39, 0.29) is 0 Å². The molecular formula is C23H27NO2S. The molecule has 1 aliphatic rings. The highest BCUT2D eigenvalue weighted by Crippen LogP contribution is 2.32. The lowest BCUT2D eigenvalue weighted by atomic mass is 9.87. The van der Waals surface area contributed by atoms with Crippen LogP contribution in [-0.2, 0) is 12.8 Å². The van der Waals surface area contributed by atoms with E-state index in [1.165, 1.54) is 15.6 Å². The molecule has 0 saturated heterocycles. The molecule has 1 N–H and O–H groups in total. The van der Waals surface area contributed by atoms with Crippen molar-refractivity contribution in [3.63, 3.8) is 0 Å². The number of hydrogen-bond donors (Lipinski definition) is 1. The Morgan fingerprint density at radius 3 is 2.89 bits per heavy atom. The Bertz CT molecular complexity index is 871. The first-order chi connectivity index (χ1) is 13.2. The van der Waals surface area contributed by atoms with Crippen molar-refractivity contribution in [2.45, 2.75) is 38.6 Å². The molecule has 1 aromatic heterocycles. The highest BCUT2D eigenvalue weighted by Gasteiger charge is 2.25. The summed E-state index contributed by atoms with van der Waals surface area (Å²) in [6.45, 7) is 4.99. The van der Waals surface area contributed by atoms with Crippen LogP contribution in [0.4, 0.5) is 0 Å². The normalized spacial score (nSPS) is 16.6. The van der Waals surface area contributed by atoms with Crippen LogP contribution < -0.4 is 4.74 Å². The van der Waals surface area contributed by atoms with Crippen molar-refractivity contribution < 1.29 is 9.84 Å². The Morgan fingerprint density at radius 1 is 1.15 bits per heavy atom. The quantitative estimate of drug-likeness (QED) is 0.606. The van der Waals surface area contributed by atoms with Crippen molar-refractivity contribution in [3.8, 4) is 10.8 Å². The largest absolute Gasteiger partial charge is 0.508 e. The van der Waals surface area contributed by atoms with E-state index in [4.69, 9.17) is 4.74 Å². The van der Waals surface area contributed by atoms with Gasteiger partial charge in [0.15, 0.2) is 5.06 Å². The fourth-order valence-corrected chi connectivity index (χ4v) is 5.07.